The molecule has 0 aromatic heterocycles. The summed E-state index contributed by atoms with van der Waals surface area (Å²) >= 11 is 6.29. The molecule has 1 N–H and O–H groups in total. The van der Waals surface area contributed by atoms with E-state index in [4.69, 9.17) is 21.2 Å². The summed E-state index contributed by atoms with van der Waals surface area (Å²) in [7, 11) is 0. The number of benzene rings is 2. The van der Waals surface area contributed by atoms with Crippen LogP contribution in [0.2, 0.25) is 5.02 Å². The molecule has 1 aliphatic rings. The van der Waals surface area contributed by atoms with Crippen molar-refractivity contribution in [3.05, 3.63) is 70.5 Å². The highest BCUT2D eigenvalue weighted by Gasteiger charge is 2.27. The van der Waals surface area contributed by atoms with Gasteiger partial charge in [0.1, 0.15) is 11.9 Å². The van der Waals surface area contributed by atoms with Gasteiger partial charge in [-0.1, -0.05) is 47.1 Å². The molecule has 0 saturated carbocycles. The lowest BCUT2D eigenvalue weighted by Crippen LogP contribution is -2.40. The Hall–Kier alpha value is -1.99. The van der Waals surface area contributed by atoms with E-state index < -0.39 is 6.10 Å². The van der Waals surface area contributed by atoms with Crippen molar-refractivity contribution >= 4 is 17.3 Å². The number of ether oxygens (including phenoxy) is 1. The molecular formula is C24H30ClFN2O3. The number of rotatable bonds is 9. The Morgan fingerprint density at radius 1 is 1.26 bits per heavy atom. The molecule has 31 heavy (non-hydrogen) atoms. The van der Waals surface area contributed by atoms with Crippen molar-refractivity contribution in [1.82, 2.24) is 4.90 Å². The Balaban J connectivity index is 1.64. The van der Waals surface area contributed by atoms with Crippen LogP contribution in [-0.2, 0) is 16.1 Å². The molecule has 0 radical (unpaired) electrons. The Kier molecular flexibility index (Phi) is 8.06. The van der Waals surface area contributed by atoms with Gasteiger partial charge in [-0.3, -0.25) is 4.90 Å². The minimum Gasteiger partial charge on any atom is -0.390 e. The molecule has 2 aromatic rings. The van der Waals surface area contributed by atoms with Crippen LogP contribution in [0.15, 0.2) is 53.7 Å². The summed E-state index contributed by atoms with van der Waals surface area (Å²) in [5, 5.41) is 15.4. The lowest BCUT2D eigenvalue weighted by molar-refractivity contribution is -0.0600. The van der Waals surface area contributed by atoms with Crippen LogP contribution in [0.3, 0.4) is 0 Å². The van der Waals surface area contributed by atoms with Crippen LogP contribution in [-0.4, -0.2) is 53.2 Å². The predicted molar refractivity (Wildman–Crippen MR) is 121 cm³/mol. The predicted octanol–water partition coefficient (Wildman–Crippen LogP) is 4.65. The second-order valence-electron chi connectivity index (χ2n) is 8.85. The summed E-state index contributed by atoms with van der Waals surface area (Å²) in [5.74, 6) is -0.282. The van der Waals surface area contributed by atoms with Gasteiger partial charge < -0.3 is 14.7 Å². The number of oxime groups is 1. The van der Waals surface area contributed by atoms with Crippen LogP contribution >= 0.6 is 11.6 Å². The fourth-order valence-corrected chi connectivity index (χ4v) is 3.71. The molecule has 1 heterocycles. The van der Waals surface area contributed by atoms with E-state index in [1.165, 1.54) is 12.1 Å². The summed E-state index contributed by atoms with van der Waals surface area (Å²) in [6, 6.07) is 14.0. The molecule has 0 fully saturated rings. The summed E-state index contributed by atoms with van der Waals surface area (Å²) in [6.45, 7) is 7.44. The van der Waals surface area contributed by atoms with Gasteiger partial charge in [0, 0.05) is 36.6 Å². The van der Waals surface area contributed by atoms with E-state index in [0.29, 0.717) is 31.1 Å². The van der Waals surface area contributed by atoms with Gasteiger partial charge >= 0.3 is 0 Å². The minimum absolute atomic E-state index is 0.185. The smallest absolute Gasteiger partial charge is 0.145 e. The molecular weight excluding hydrogens is 419 g/mol. The van der Waals surface area contributed by atoms with Gasteiger partial charge in [0.2, 0.25) is 0 Å². The molecule has 2 atom stereocenters. The molecule has 0 bridgehead atoms. The summed E-state index contributed by atoms with van der Waals surface area (Å²) in [5.41, 5.74) is 2.16. The Bertz CT molecular complexity index is 900. The van der Waals surface area contributed by atoms with Crippen LogP contribution in [0.1, 0.15) is 38.3 Å². The third-order valence-corrected chi connectivity index (χ3v) is 5.18. The summed E-state index contributed by atoms with van der Waals surface area (Å²) < 4.78 is 19.4. The van der Waals surface area contributed by atoms with Gasteiger partial charge in [0.25, 0.3) is 0 Å². The number of hydrogen-bond donors (Lipinski definition) is 1. The first-order valence-corrected chi connectivity index (χ1v) is 10.8. The fourth-order valence-electron chi connectivity index (χ4n) is 3.46. The van der Waals surface area contributed by atoms with Gasteiger partial charge in [0.05, 0.1) is 24.0 Å². The minimum atomic E-state index is -0.682. The maximum atomic E-state index is 13.7. The highest BCUT2D eigenvalue weighted by molar-refractivity contribution is 6.34. The van der Waals surface area contributed by atoms with E-state index in [-0.39, 0.29) is 24.1 Å². The van der Waals surface area contributed by atoms with E-state index in [2.05, 4.69) is 5.16 Å². The first-order valence-electron chi connectivity index (χ1n) is 10.5. The maximum Gasteiger partial charge on any atom is 0.145 e. The van der Waals surface area contributed by atoms with Crippen molar-refractivity contribution in [2.45, 2.75) is 51.5 Å². The lowest BCUT2D eigenvalue weighted by atomic mass is 10.0. The fraction of sp³-hybridized carbons (Fsp3) is 0.458. The van der Waals surface area contributed by atoms with Gasteiger partial charge in [-0.15, -0.1) is 0 Å². The van der Waals surface area contributed by atoms with E-state index in [1.54, 1.807) is 6.07 Å². The van der Waals surface area contributed by atoms with Crippen molar-refractivity contribution in [3.63, 3.8) is 0 Å². The van der Waals surface area contributed by atoms with Crippen molar-refractivity contribution in [3.8, 4) is 0 Å². The zero-order valence-electron chi connectivity index (χ0n) is 18.2. The molecule has 2 aromatic carbocycles. The molecule has 3 rings (SSSR count). The van der Waals surface area contributed by atoms with E-state index in [0.717, 1.165) is 16.8 Å². The quantitative estimate of drug-likeness (QED) is 0.606. The van der Waals surface area contributed by atoms with E-state index >= 15 is 0 Å². The average molecular weight is 449 g/mol. The normalized spacial score (nSPS) is 17.5. The van der Waals surface area contributed by atoms with Crippen molar-refractivity contribution in [1.29, 1.82) is 0 Å². The van der Waals surface area contributed by atoms with Crippen LogP contribution in [0.4, 0.5) is 4.39 Å². The number of aliphatic hydroxyl groups is 1. The standard InChI is InChI=1S/C24H30ClFN2O3/c1-24(2,3)30-16-19(29)14-28(13-17-7-6-8-18(26)11-17)15-20-12-23(27-31-20)21-9-4-5-10-22(21)25/h4-11,19-20,29H,12-16H2,1-3H3/t19-,20-/m1/s1. The highest BCUT2D eigenvalue weighted by Crippen LogP contribution is 2.24. The Labute approximate surface area is 188 Å². The number of hydrogen-bond acceptors (Lipinski definition) is 5. The van der Waals surface area contributed by atoms with Crippen molar-refractivity contribution in [2.75, 3.05) is 19.7 Å². The Morgan fingerprint density at radius 3 is 2.74 bits per heavy atom. The molecule has 0 spiro atoms. The first kappa shape index (κ1) is 23.7. The monoisotopic (exact) mass is 448 g/mol. The molecule has 0 aliphatic carbocycles. The van der Waals surface area contributed by atoms with Crippen LogP contribution in [0.5, 0.6) is 0 Å². The summed E-state index contributed by atoms with van der Waals surface area (Å²) in [4.78, 5) is 7.71. The molecule has 0 saturated heterocycles. The molecule has 0 unspecified atom stereocenters. The highest BCUT2D eigenvalue weighted by atomic mass is 35.5. The summed E-state index contributed by atoms with van der Waals surface area (Å²) in [6.07, 6.45) is -0.258. The van der Waals surface area contributed by atoms with Gasteiger partial charge in [0.15, 0.2) is 0 Å². The largest absolute Gasteiger partial charge is 0.390 e. The zero-order chi connectivity index (χ0) is 22.4. The van der Waals surface area contributed by atoms with Gasteiger partial charge in [-0.2, -0.15) is 0 Å². The van der Waals surface area contributed by atoms with Crippen LogP contribution in [0.25, 0.3) is 0 Å². The van der Waals surface area contributed by atoms with E-state index in [9.17, 15) is 9.50 Å². The third-order valence-electron chi connectivity index (χ3n) is 4.85. The molecule has 7 heteroatoms. The third kappa shape index (κ3) is 7.58. The molecule has 168 valence electrons. The SMILES string of the molecule is CC(C)(C)OC[C@H](O)CN(Cc1cccc(F)c1)C[C@H]1CC(c2ccccc2Cl)=NO1. The van der Waals surface area contributed by atoms with Crippen molar-refractivity contribution < 1.29 is 19.1 Å². The maximum absolute atomic E-state index is 13.7. The number of aliphatic hydroxyl groups excluding tert-OH is 1. The number of halogens is 2. The molecule has 0 amide bonds. The molecule has 5 nitrogen and oxygen atoms in total. The average Bonchev–Trinajstić information content (AvgIpc) is 3.14. The van der Waals surface area contributed by atoms with Crippen molar-refractivity contribution in [2.24, 2.45) is 5.16 Å². The second-order valence-corrected chi connectivity index (χ2v) is 9.26. The van der Waals surface area contributed by atoms with Gasteiger partial charge in [-0.05, 0) is 44.5 Å². The lowest BCUT2D eigenvalue weighted by Gasteiger charge is -2.28. The van der Waals surface area contributed by atoms with E-state index in [1.807, 2.05) is 56.0 Å². The second kappa shape index (κ2) is 10.6. The Morgan fingerprint density at radius 2 is 2.03 bits per heavy atom. The molecule has 1 aliphatic heterocycles. The van der Waals surface area contributed by atoms with Crippen LogP contribution in [0, 0.1) is 5.82 Å². The number of nitrogens with zero attached hydrogens (tertiary/aromatic N) is 2. The first-order chi connectivity index (χ1) is 14.7. The zero-order valence-corrected chi connectivity index (χ0v) is 19.0. The van der Waals surface area contributed by atoms with Crippen LogP contribution < -0.4 is 0 Å². The van der Waals surface area contributed by atoms with Gasteiger partial charge in [-0.25, -0.2) is 4.39 Å². The topological polar surface area (TPSA) is 54.3 Å².